The SMILES string of the molecule is CCCCNC(=O)N(CC(=O)N(Cc1ccccc1)Cc1cccs1)[C@H](C)CC. The second-order valence-corrected chi connectivity index (χ2v) is 8.32. The van der Waals surface area contributed by atoms with Gasteiger partial charge in [-0.25, -0.2) is 4.79 Å². The molecule has 1 aromatic carbocycles. The van der Waals surface area contributed by atoms with Crippen molar-refractivity contribution in [1.29, 1.82) is 0 Å². The predicted octanol–water partition coefficient (Wildman–Crippen LogP) is 4.89. The maximum atomic E-state index is 13.2. The number of carbonyl (C=O) groups is 2. The fourth-order valence-corrected chi connectivity index (χ4v) is 3.71. The highest BCUT2D eigenvalue weighted by Gasteiger charge is 2.25. The molecule has 6 heteroatoms. The molecular weight excluding hydrogens is 382 g/mol. The maximum Gasteiger partial charge on any atom is 0.318 e. The van der Waals surface area contributed by atoms with Crippen LogP contribution in [0.5, 0.6) is 0 Å². The fourth-order valence-electron chi connectivity index (χ4n) is 2.99. The monoisotopic (exact) mass is 415 g/mol. The van der Waals surface area contributed by atoms with Gasteiger partial charge in [0.1, 0.15) is 6.54 Å². The number of urea groups is 1. The van der Waals surface area contributed by atoms with Gasteiger partial charge >= 0.3 is 6.03 Å². The van der Waals surface area contributed by atoms with Gasteiger partial charge in [0.2, 0.25) is 5.91 Å². The second kappa shape index (κ2) is 12.3. The Morgan fingerprint density at radius 1 is 1.07 bits per heavy atom. The molecule has 0 aliphatic carbocycles. The van der Waals surface area contributed by atoms with Crippen LogP contribution in [-0.2, 0) is 17.9 Å². The molecule has 0 radical (unpaired) electrons. The van der Waals surface area contributed by atoms with Crippen molar-refractivity contribution in [3.05, 3.63) is 58.3 Å². The Balaban J connectivity index is 2.12. The molecule has 0 saturated heterocycles. The van der Waals surface area contributed by atoms with Crippen molar-refractivity contribution in [2.75, 3.05) is 13.1 Å². The molecule has 2 aromatic rings. The van der Waals surface area contributed by atoms with Crippen LogP contribution in [0.2, 0.25) is 0 Å². The molecular formula is C23H33N3O2S. The van der Waals surface area contributed by atoms with E-state index in [1.54, 1.807) is 16.2 Å². The highest BCUT2D eigenvalue weighted by Crippen LogP contribution is 2.16. The molecule has 1 heterocycles. The van der Waals surface area contributed by atoms with Gasteiger partial charge in [0.25, 0.3) is 0 Å². The third kappa shape index (κ3) is 7.54. The number of unbranched alkanes of at least 4 members (excludes halogenated alkanes) is 1. The topological polar surface area (TPSA) is 52.7 Å². The summed E-state index contributed by atoms with van der Waals surface area (Å²) in [6, 6.07) is 13.9. The van der Waals surface area contributed by atoms with E-state index >= 15 is 0 Å². The van der Waals surface area contributed by atoms with Gasteiger partial charge in [0.05, 0.1) is 6.54 Å². The van der Waals surface area contributed by atoms with E-state index in [1.807, 2.05) is 66.6 Å². The zero-order valence-electron chi connectivity index (χ0n) is 17.8. The lowest BCUT2D eigenvalue weighted by atomic mass is 10.2. The fraction of sp³-hybridized carbons (Fsp3) is 0.478. The first-order valence-electron chi connectivity index (χ1n) is 10.4. The number of nitrogens with one attached hydrogen (secondary N) is 1. The van der Waals surface area contributed by atoms with Gasteiger partial charge in [-0.1, -0.05) is 56.7 Å². The summed E-state index contributed by atoms with van der Waals surface area (Å²) in [6.45, 7) is 7.93. The number of rotatable bonds is 11. The average Bonchev–Trinajstić information content (AvgIpc) is 3.24. The first-order chi connectivity index (χ1) is 14.0. The first-order valence-corrected chi connectivity index (χ1v) is 11.3. The van der Waals surface area contributed by atoms with Crippen LogP contribution < -0.4 is 5.32 Å². The first kappa shape index (κ1) is 22.9. The number of amides is 3. The number of benzene rings is 1. The lowest BCUT2D eigenvalue weighted by molar-refractivity contribution is -0.133. The van der Waals surface area contributed by atoms with Gasteiger partial charge < -0.3 is 15.1 Å². The molecule has 3 amide bonds. The van der Waals surface area contributed by atoms with Crippen molar-refractivity contribution < 1.29 is 9.59 Å². The molecule has 158 valence electrons. The van der Waals surface area contributed by atoms with E-state index in [9.17, 15) is 9.59 Å². The van der Waals surface area contributed by atoms with Crippen LogP contribution in [0.3, 0.4) is 0 Å². The number of hydrogen-bond donors (Lipinski definition) is 1. The highest BCUT2D eigenvalue weighted by atomic mass is 32.1. The Hall–Kier alpha value is -2.34. The lowest BCUT2D eigenvalue weighted by Gasteiger charge is -2.31. The van der Waals surface area contributed by atoms with Crippen molar-refractivity contribution in [3.63, 3.8) is 0 Å². The van der Waals surface area contributed by atoms with E-state index in [4.69, 9.17) is 0 Å². The van der Waals surface area contributed by atoms with E-state index < -0.39 is 0 Å². The van der Waals surface area contributed by atoms with Crippen molar-refractivity contribution in [1.82, 2.24) is 15.1 Å². The third-order valence-corrected chi connectivity index (χ3v) is 5.85. The van der Waals surface area contributed by atoms with Gasteiger partial charge in [-0.2, -0.15) is 0 Å². The van der Waals surface area contributed by atoms with Gasteiger partial charge in [-0.15, -0.1) is 11.3 Å². The standard InChI is InChI=1S/C23H33N3O2S/c1-4-6-14-24-23(28)26(19(3)5-2)18-22(27)25(17-21-13-10-15-29-21)16-20-11-8-7-9-12-20/h7-13,15,19H,4-6,14,16-18H2,1-3H3,(H,24,28)/t19-/m1/s1. The summed E-state index contributed by atoms with van der Waals surface area (Å²) in [5.41, 5.74) is 1.08. The Labute approximate surface area is 178 Å². The average molecular weight is 416 g/mol. The summed E-state index contributed by atoms with van der Waals surface area (Å²) < 4.78 is 0. The van der Waals surface area contributed by atoms with E-state index in [2.05, 4.69) is 12.2 Å². The zero-order valence-corrected chi connectivity index (χ0v) is 18.6. The van der Waals surface area contributed by atoms with E-state index in [-0.39, 0.29) is 24.5 Å². The van der Waals surface area contributed by atoms with E-state index in [0.29, 0.717) is 19.6 Å². The van der Waals surface area contributed by atoms with Gasteiger partial charge in [0, 0.05) is 24.0 Å². The highest BCUT2D eigenvalue weighted by molar-refractivity contribution is 7.09. The maximum absolute atomic E-state index is 13.2. The zero-order chi connectivity index (χ0) is 21.1. The summed E-state index contributed by atoms with van der Waals surface area (Å²) in [5, 5.41) is 4.98. The van der Waals surface area contributed by atoms with Crippen LogP contribution in [0.1, 0.15) is 50.5 Å². The number of thiophene rings is 1. The number of carbonyl (C=O) groups excluding carboxylic acids is 2. The van der Waals surface area contributed by atoms with Crippen molar-refractivity contribution >= 4 is 23.3 Å². The summed E-state index contributed by atoms with van der Waals surface area (Å²) in [7, 11) is 0. The second-order valence-electron chi connectivity index (χ2n) is 7.29. The van der Waals surface area contributed by atoms with Crippen molar-refractivity contribution in [3.8, 4) is 0 Å². The minimum atomic E-state index is -0.156. The Morgan fingerprint density at radius 3 is 2.45 bits per heavy atom. The summed E-state index contributed by atoms with van der Waals surface area (Å²) in [6.07, 6.45) is 2.76. The van der Waals surface area contributed by atoms with Crippen LogP contribution in [-0.4, -0.2) is 40.9 Å². The molecule has 0 saturated carbocycles. The van der Waals surface area contributed by atoms with Crippen LogP contribution in [0, 0.1) is 0 Å². The third-order valence-electron chi connectivity index (χ3n) is 4.99. The molecule has 1 N–H and O–H groups in total. The Kier molecular flexibility index (Phi) is 9.71. The smallest absolute Gasteiger partial charge is 0.318 e. The molecule has 5 nitrogen and oxygen atoms in total. The van der Waals surface area contributed by atoms with Crippen LogP contribution >= 0.6 is 11.3 Å². The van der Waals surface area contributed by atoms with Crippen molar-refractivity contribution in [2.45, 2.75) is 59.2 Å². The van der Waals surface area contributed by atoms with E-state index in [1.165, 1.54) is 0 Å². The van der Waals surface area contributed by atoms with Gasteiger partial charge in [-0.05, 0) is 36.8 Å². The van der Waals surface area contributed by atoms with Crippen LogP contribution in [0.25, 0.3) is 0 Å². The quantitative estimate of drug-likeness (QED) is 0.532. The number of nitrogens with zero attached hydrogens (tertiary/aromatic N) is 2. The van der Waals surface area contributed by atoms with Crippen LogP contribution in [0.15, 0.2) is 47.8 Å². The number of hydrogen-bond acceptors (Lipinski definition) is 3. The molecule has 0 bridgehead atoms. The minimum absolute atomic E-state index is 0.000824. The molecule has 0 unspecified atom stereocenters. The molecule has 1 atom stereocenters. The van der Waals surface area contributed by atoms with Crippen molar-refractivity contribution in [2.24, 2.45) is 0 Å². The predicted molar refractivity (Wildman–Crippen MR) is 120 cm³/mol. The molecule has 0 spiro atoms. The summed E-state index contributed by atoms with van der Waals surface area (Å²) in [4.78, 5) is 30.6. The normalized spacial score (nSPS) is 11.7. The van der Waals surface area contributed by atoms with Gasteiger partial charge in [0.15, 0.2) is 0 Å². The summed E-state index contributed by atoms with van der Waals surface area (Å²) >= 11 is 1.64. The largest absolute Gasteiger partial charge is 0.338 e. The molecule has 29 heavy (non-hydrogen) atoms. The van der Waals surface area contributed by atoms with Gasteiger partial charge in [-0.3, -0.25) is 4.79 Å². The minimum Gasteiger partial charge on any atom is -0.338 e. The lowest BCUT2D eigenvalue weighted by Crippen LogP contribution is -2.50. The molecule has 1 aromatic heterocycles. The molecule has 0 fully saturated rings. The molecule has 0 aliphatic heterocycles. The summed E-state index contributed by atoms with van der Waals surface area (Å²) in [5.74, 6) is -0.0341. The molecule has 0 aliphatic rings. The Bertz CT molecular complexity index is 734. The van der Waals surface area contributed by atoms with Crippen LogP contribution in [0.4, 0.5) is 4.79 Å². The Morgan fingerprint density at radius 2 is 1.83 bits per heavy atom. The van der Waals surface area contributed by atoms with E-state index in [0.717, 1.165) is 29.7 Å². The molecule has 2 rings (SSSR count).